The van der Waals surface area contributed by atoms with Crippen LogP contribution in [0.2, 0.25) is 0 Å². The molecule has 8 heteroatoms. The third kappa shape index (κ3) is 2.40. The molecule has 0 saturated carbocycles. The van der Waals surface area contributed by atoms with Crippen molar-refractivity contribution in [2.24, 2.45) is 7.05 Å². The van der Waals surface area contributed by atoms with Gasteiger partial charge in [-0.15, -0.1) is 0 Å². The Hall–Kier alpha value is -2.45. The normalized spacial score (nSPS) is 16.8. The van der Waals surface area contributed by atoms with Gasteiger partial charge in [-0.3, -0.25) is 0 Å². The van der Waals surface area contributed by atoms with E-state index in [4.69, 9.17) is 0 Å². The number of nitrogens with zero attached hydrogens (tertiary/aromatic N) is 3. The maximum absolute atomic E-state index is 14.5. The van der Waals surface area contributed by atoms with Gasteiger partial charge in [0.2, 0.25) is 5.16 Å². The van der Waals surface area contributed by atoms with Gasteiger partial charge in [0.25, 0.3) is 0 Å². The Bertz CT molecular complexity index is 1080. The van der Waals surface area contributed by atoms with E-state index in [0.717, 1.165) is 17.5 Å². The van der Waals surface area contributed by atoms with Crippen molar-refractivity contribution in [3.05, 3.63) is 59.8 Å². The van der Waals surface area contributed by atoms with E-state index in [1.54, 1.807) is 37.6 Å². The second-order valence-electron chi connectivity index (χ2n) is 6.39. The fourth-order valence-electron chi connectivity index (χ4n) is 3.66. The smallest absolute Gasteiger partial charge is 0.302 e. The summed E-state index contributed by atoms with van der Waals surface area (Å²) in [6, 6.07) is 6.31. The average molecular weight is 374 g/mol. The third-order valence-electron chi connectivity index (χ3n) is 4.91. The van der Waals surface area contributed by atoms with Crippen LogP contribution >= 0.6 is 0 Å². The van der Waals surface area contributed by atoms with Gasteiger partial charge in [0.15, 0.2) is 0 Å². The highest BCUT2D eigenvalue weighted by molar-refractivity contribution is 7.89. The molecule has 1 aromatic carbocycles. The zero-order valence-electron chi connectivity index (χ0n) is 14.5. The molecule has 1 atom stereocenters. The van der Waals surface area contributed by atoms with E-state index in [2.05, 4.69) is 10.3 Å². The topological polar surface area (TPSA) is 68.9 Å². The summed E-state index contributed by atoms with van der Waals surface area (Å²) >= 11 is 0. The molecule has 1 aliphatic rings. The number of hydrogen-bond donors (Lipinski definition) is 1. The Morgan fingerprint density at radius 2 is 2.08 bits per heavy atom. The first-order chi connectivity index (χ1) is 12.4. The summed E-state index contributed by atoms with van der Waals surface area (Å²) in [4.78, 5) is 3.99. The summed E-state index contributed by atoms with van der Waals surface area (Å²) < 4.78 is 43.7. The summed E-state index contributed by atoms with van der Waals surface area (Å²) in [6.07, 6.45) is 6.15. The van der Waals surface area contributed by atoms with Crippen LogP contribution in [0, 0.1) is 5.82 Å². The summed E-state index contributed by atoms with van der Waals surface area (Å²) in [5.41, 5.74) is 2.43. The predicted molar refractivity (Wildman–Crippen MR) is 95.7 cm³/mol. The van der Waals surface area contributed by atoms with Gasteiger partial charge in [0.05, 0.1) is 5.69 Å². The van der Waals surface area contributed by atoms with Crippen LogP contribution in [0.1, 0.15) is 23.6 Å². The number of benzene rings is 1. The molecule has 4 rings (SSSR count). The van der Waals surface area contributed by atoms with Crippen molar-refractivity contribution in [1.82, 2.24) is 18.8 Å². The minimum absolute atomic E-state index is 0.0494. The summed E-state index contributed by atoms with van der Waals surface area (Å²) in [7, 11) is -0.496. The van der Waals surface area contributed by atoms with Crippen molar-refractivity contribution in [3.8, 4) is 11.3 Å². The van der Waals surface area contributed by atoms with Crippen molar-refractivity contribution < 1.29 is 12.8 Å². The van der Waals surface area contributed by atoms with Gasteiger partial charge in [-0.2, -0.15) is 8.42 Å². The maximum Gasteiger partial charge on any atom is 0.302 e. The highest BCUT2D eigenvalue weighted by atomic mass is 32.2. The maximum atomic E-state index is 14.5. The zero-order valence-corrected chi connectivity index (χ0v) is 15.3. The average Bonchev–Trinajstić information content (AvgIpc) is 3.30. The first-order valence-electron chi connectivity index (χ1n) is 8.34. The molecule has 2 aromatic heterocycles. The van der Waals surface area contributed by atoms with Crippen molar-refractivity contribution in [2.75, 3.05) is 7.05 Å². The molecule has 0 bridgehead atoms. The number of imidazole rings is 1. The van der Waals surface area contributed by atoms with Gasteiger partial charge in [-0.25, -0.2) is 13.3 Å². The number of halogens is 1. The number of nitrogens with one attached hydrogen (secondary N) is 1. The first kappa shape index (κ1) is 17.0. The predicted octanol–water partition coefficient (Wildman–Crippen LogP) is 2.47. The summed E-state index contributed by atoms with van der Waals surface area (Å²) in [5.74, 6) is -0.447. The highest BCUT2D eigenvalue weighted by Crippen LogP contribution is 2.41. The fraction of sp³-hybridized carbons (Fsp3) is 0.278. The van der Waals surface area contributed by atoms with Crippen molar-refractivity contribution in [3.63, 3.8) is 0 Å². The molecule has 0 amide bonds. The Kier molecular flexibility index (Phi) is 3.96. The monoisotopic (exact) mass is 374 g/mol. The minimum atomic E-state index is -3.96. The molecule has 0 aliphatic heterocycles. The molecular weight excluding hydrogens is 355 g/mol. The Balaban J connectivity index is 2.02. The van der Waals surface area contributed by atoms with Gasteiger partial charge in [-0.1, -0.05) is 12.1 Å². The Labute approximate surface area is 151 Å². The molecule has 136 valence electrons. The molecule has 1 aliphatic carbocycles. The number of fused-ring (bicyclic) bond motifs is 1. The van der Waals surface area contributed by atoms with Crippen molar-refractivity contribution in [2.45, 2.75) is 24.0 Å². The molecule has 0 radical (unpaired) electrons. The van der Waals surface area contributed by atoms with Crippen LogP contribution in [0.5, 0.6) is 0 Å². The SMILES string of the molecule is CNC1CCc2c1cn(S(=O)(=O)c1nccn1C)c2-c1ccccc1F. The zero-order chi connectivity index (χ0) is 18.5. The quantitative estimate of drug-likeness (QED) is 0.762. The van der Waals surface area contributed by atoms with Gasteiger partial charge in [0, 0.05) is 37.2 Å². The van der Waals surface area contributed by atoms with E-state index in [9.17, 15) is 12.8 Å². The van der Waals surface area contributed by atoms with Gasteiger partial charge in [-0.05, 0) is 43.1 Å². The van der Waals surface area contributed by atoms with Gasteiger partial charge in [0.1, 0.15) is 5.82 Å². The highest BCUT2D eigenvalue weighted by Gasteiger charge is 2.34. The molecule has 0 spiro atoms. The summed E-state index contributed by atoms with van der Waals surface area (Å²) in [6.45, 7) is 0. The van der Waals surface area contributed by atoms with E-state index in [0.29, 0.717) is 12.1 Å². The molecule has 3 aromatic rings. The largest absolute Gasteiger partial charge is 0.323 e. The fourth-order valence-corrected chi connectivity index (χ4v) is 5.15. The third-order valence-corrected chi connectivity index (χ3v) is 6.57. The van der Waals surface area contributed by atoms with Crippen molar-refractivity contribution >= 4 is 10.0 Å². The second-order valence-corrected chi connectivity index (χ2v) is 8.10. The molecule has 1 unspecified atom stereocenters. The lowest BCUT2D eigenvalue weighted by molar-refractivity contribution is 0.566. The Morgan fingerprint density at radius 1 is 1.31 bits per heavy atom. The molecule has 0 saturated heterocycles. The number of aromatic nitrogens is 3. The minimum Gasteiger partial charge on any atom is -0.323 e. The standard InChI is InChI=1S/C18H19FN4O2S/c1-20-16-8-7-12-14(16)11-23(17(12)13-5-3-4-6-15(13)19)26(24,25)18-21-9-10-22(18)2/h3-6,9-11,16,20H,7-8H2,1-2H3. The molecule has 6 nitrogen and oxygen atoms in total. The van der Waals surface area contributed by atoms with Gasteiger partial charge >= 0.3 is 10.0 Å². The van der Waals surface area contributed by atoms with Crippen LogP contribution in [0.25, 0.3) is 11.3 Å². The van der Waals surface area contributed by atoms with Crippen LogP contribution in [0.15, 0.2) is 48.0 Å². The van der Waals surface area contributed by atoms with Crippen LogP contribution in [-0.4, -0.2) is 29.0 Å². The molecule has 0 fully saturated rings. The molecule has 2 heterocycles. The van der Waals surface area contributed by atoms with Crippen molar-refractivity contribution in [1.29, 1.82) is 0 Å². The second kappa shape index (κ2) is 6.07. The van der Waals surface area contributed by atoms with Crippen LogP contribution < -0.4 is 5.32 Å². The number of aryl methyl sites for hydroxylation is 1. The van der Waals surface area contributed by atoms with Crippen LogP contribution in [0.3, 0.4) is 0 Å². The first-order valence-corrected chi connectivity index (χ1v) is 9.78. The van der Waals surface area contributed by atoms with E-state index in [1.807, 2.05) is 7.05 Å². The van der Waals surface area contributed by atoms with E-state index >= 15 is 0 Å². The summed E-state index contributed by atoms with van der Waals surface area (Å²) in [5, 5.41) is 3.12. The van der Waals surface area contributed by atoms with Gasteiger partial charge < -0.3 is 9.88 Å². The molecular formula is C18H19FN4O2S. The van der Waals surface area contributed by atoms with E-state index in [-0.39, 0.29) is 16.8 Å². The van der Waals surface area contributed by atoms with E-state index < -0.39 is 15.8 Å². The lowest BCUT2D eigenvalue weighted by Gasteiger charge is -2.13. The molecule has 26 heavy (non-hydrogen) atoms. The number of hydrogen-bond acceptors (Lipinski definition) is 4. The number of rotatable bonds is 4. The lowest BCUT2D eigenvalue weighted by Crippen LogP contribution is -2.19. The van der Waals surface area contributed by atoms with Crippen LogP contribution in [-0.2, 0) is 23.5 Å². The lowest BCUT2D eigenvalue weighted by atomic mass is 10.1. The van der Waals surface area contributed by atoms with E-state index in [1.165, 1.54) is 20.8 Å². The Morgan fingerprint density at radius 3 is 2.73 bits per heavy atom. The van der Waals surface area contributed by atoms with Crippen LogP contribution in [0.4, 0.5) is 4.39 Å². The molecule has 1 N–H and O–H groups in total.